The number of fused-ring (bicyclic) bond motifs is 1. The highest BCUT2D eigenvalue weighted by Crippen LogP contribution is 2.46. The Hall–Kier alpha value is -2.84. The number of halogens is 3. The molecule has 31 heavy (non-hydrogen) atoms. The van der Waals surface area contributed by atoms with Crippen LogP contribution in [0.25, 0.3) is 0 Å². The lowest BCUT2D eigenvalue weighted by Crippen LogP contribution is -2.35. The normalized spacial score (nSPS) is 25.7. The molecule has 0 bridgehead atoms. The van der Waals surface area contributed by atoms with E-state index in [-0.39, 0.29) is 35.4 Å². The van der Waals surface area contributed by atoms with E-state index in [1.807, 2.05) is 0 Å². The van der Waals surface area contributed by atoms with E-state index in [4.69, 9.17) is 4.52 Å². The molecule has 1 saturated heterocycles. The van der Waals surface area contributed by atoms with Crippen LogP contribution in [0.4, 0.5) is 13.2 Å². The Kier molecular flexibility index (Phi) is 5.53. The van der Waals surface area contributed by atoms with Crippen LogP contribution < -0.4 is 5.32 Å². The number of carbonyl (C=O) groups is 2. The average molecular weight is 435 g/mol. The van der Waals surface area contributed by atoms with Crippen LogP contribution in [0.1, 0.15) is 47.1 Å². The van der Waals surface area contributed by atoms with Crippen LogP contribution in [-0.2, 0) is 17.5 Å². The number of likely N-dealkylation sites (tertiary alicyclic amines) is 1. The van der Waals surface area contributed by atoms with Gasteiger partial charge in [-0.15, -0.1) is 0 Å². The van der Waals surface area contributed by atoms with E-state index in [0.29, 0.717) is 36.8 Å². The van der Waals surface area contributed by atoms with Gasteiger partial charge in [-0.05, 0) is 48.8 Å². The summed E-state index contributed by atoms with van der Waals surface area (Å²) in [4.78, 5) is 26.7. The van der Waals surface area contributed by atoms with Crippen molar-refractivity contribution in [2.45, 2.75) is 45.5 Å². The number of benzene rings is 1. The lowest BCUT2D eigenvalue weighted by molar-refractivity contribution is -0.137. The molecule has 2 fully saturated rings. The first kappa shape index (κ1) is 21.4. The monoisotopic (exact) mass is 435 g/mol. The lowest BCUT2D eigenvalue weighted by Gasteiger charge is -2.25. The van der Waals surface area contributed by atoms with E-state index >= 15 is 0 Å². The number of nitrogens with one attached hydrogen (secondary N) is 1. The maximum absolute atomic E-state index is 12.8. The predicted molar refractivity (Wildman–Crippen MR) is 105 cm³/mol. The van der Waals surface area contributed by atoms with Crippen molar-refractivity contribution >= 4 is 11.8 Å². The Bertz CT molecular complexity index is 970. The second-order valence-electron chi connectivity index (χ2n) is 8.56. The van der Waals surface area contributed by atoms with Crippen molar-refractivity contribution in [3.63, 3.8) is 0 Å². The summed E-state index contributed by atoms with van der Waals surface area (Å²) < 4.78 is 43.3. The summed E-state index contributed by atoms with van der Waals surface area (Å²) in [7, 11) is 0. The van der Waals surface area contributed by atoms with Gasteiger partial charge in [0.2, 0.25) is 5.91 Å². The maximum Gasteiger partial charge on any atom is 0.416 e. The van der Waals surface area contributed by atoms with E-state index in [1.54, 1.807) is 17.9 Å². The highest BCUT2D eigenvalue weighted by molar-refractivity contribution is 5.92. The van der Waals surface area contributed by atoms with E-state index in [0.717, 1.165) is 18.6 Å². The molecule has 0 unspecified atom stereocenters. The minimum Gasteiger partial charge on any atom is -0.361 e. The van der Waals surface area contributed by atoms with Gasteiger partial charge in [-0.25, -0.2) is 0 Å². The number of aromatic nitrogens is 1. The Balaban J connectivity index is 1.40. The maximum atomic E-state index is 12.8. The van der Waals surface area contributed by atoms with Crippen molar-refractivity contribution < 1.29 is 27.3 Å². The summed E-state index contributed by atoms with van der Waals surface area (Å²) in [5, 5.41) is 6.62. The smallest absolute Gasteiger partial charge is 0.361 e. The Morgan fingerprint density at radius 2 is 2.00 bits per heavy atom. The van der Waals surface area contributed by atoms with Crippen LogP contribution in [0.5, 0.6) is 0 Å². The molecule has 1 aliphatic heterocycles. The first-order chi connectivity index (χ1) is 14.6. The van der Waals surface area contributed by atoms with Gasteiger partial charge in [0.05, 0.1) is 5.56 Å². The first-order valence-electron chi connectivity index (χ1n) is 10.3. The number of aryl methyl sites for hydroxylation is 1. The number of rotatable bonds is 5. The summed E-state index contributed by atoms with van der Waals surface area (Å²) in [5.74, 6) is 0.806. The average Bonchev–Trinajstić information content (AvgIpc) is 3.35. The van der Waals surface area contributed by atoms with Gasteiger partial charge >= 0.3 is 6.18 Å². The lowest BCUT2D eigenvalue weighted by atomic mass is 9.88. The molecule has 0 radical (unpaired) electrons. The highest BCUT2D eigenvalue weighted by Gasteiger charge is 2.50. The Labute approximate surface area is 177 Å². The number of amides is 2. The van der Waals surface area contributed by atoms with Gasteiger partial charge in [0.25, 0.3) is 5.91 Å². The SMILES string of the molecule is Cc1cc(C(=O)NC[C@H]2[C@@H]3CC(=O)N(Cc4ccc(C(F)(F)F)cc4)[C@@H]3C[C@@H]2C)no1. The molecule has 1 N–H and O–H groups in total. The van der Waals surface area contributed by atoms with Crippen LogP contribution in [0.2, 0.25) is 0 Å². The number of carbonyl (C=O) groups excluding carboxylic acids is 2. The standard InChI is InChI=1S/C22H24F3N3O3/c1-12-7-19-16(17(12)10-26-21(30)18-8-13(2)31-27-18)9-20(29)28(19)11-14-3-5-15(6-4-14)22(23,24)25/h3-6,8,12,16-17,19H,7,9-11H2,1-2H3,(H,26,30)/t12-,16-,17+,19+/m0/s1. The molecule has 1 aromatic carbocycles. The number of alkyl halides is 3. The zero-order chi connectivity index (χ0) is 22.3. The fourth-order valence-corrected chi connectivity index (χ4v) is 4.92. The van der Waals surface area contributed by atoms with Crippen molar-refractivity contribution in [1.29, 1.82) is 0 Å². The van der Waals surface area contributed by atoms with Gasteiger partial charge < -0.3 is 14.7 Å². The van der Waals surface area contributed by atoms with Gasteiger partial charge in [0.1, 0.15) is 5.76 Å². The molecule has 2 amide bonds. The third-order valence-electron chi connectivity index (χ3n) is 6.51. The summed E-state index contributed by atoms with van der Waals surface area (Å²) in [6.07, 6.45) is -3.18. The number of hydrogen-bond donors (Lipinski definition) is 1. The third-order valence-corrected chi connectivity index (χ3v) is 6.51. The summed E-state index contributed by atoms with van der Waals surface area (Å²) in [6, 6.07) is 6.56. The molecule has 2 aromatic rings. The molecule has 1 aliphatic carbocycles. The molecule has 4 atom stereocenters. The molecule has 4 rings (SSSR count). The summed E-state index contributed by atoms with van der Waals surface area (Å²) >= 11 is 0. The predicted octanol–water partition coefficient (Wildman–Crippen LogP) is 3.80. The molecule has 0 spiro atoms. The van der Waals surface area contributed by atoms with Crippen LogP contribution in [-0.4, -0.2) is 34.5 Å². The molecule has 2 aliphatic rings. The molecule has 2 heterocycles. The molecular weight excluding hydrogens is 411 g/mol. The fourth-order valence-electron chi connectivity index (χ4n) is 4.92. The zero-order valence-electron chi connectivity index (χ0n) is 17.3. The second kappa shape index (κ2) is 8.01. The van der Waals surface area contributed by atoms with E-state index in [2.05, 4.69) is 17.4 Å². The largest absolute Gasteiger partial charge is 0.416 e. The molecule has 9 heteroatoms. The van der Waals surface area contributed by atoms with E-state index < -0.39 is 11.7 Å². The van der Waals surface area contributed by atoms with Crippen LogP contribution in [0.3, 0.4) is 0 Å². The van der Waals surface area contributed by atoms with Gasteiger partial charge in [-0.3, -0.25) is 9.59 Å². The molecule has 166 valence electrons. The van der Waals surface area contributed by atoms with Crippen molar-refractivity contribution in [3.05, 3.63) is 52.9 Å². The van der Waals surface area contributed by atoms with Gasteiger partial charge in [0.15, 0.2) is 5.69 Å². The summed E-state index contributed by atoms with van der Waals surface area (Å²) in [6.45, 7) is 4.55. The van der Waals surface area contributed by atoms with Crippen LogP contribution in [0, 0.1) is 24.7 Å². The first-order valence-corrected chi connectivity index (χ1v) is 10.3. The Morgan fingerprint density at radius 1 is 1.29 bits per heavy atom. The topological polar surface area (TPSA) is 75.4 Å². The van der Waals surface area contributed by atoms with E-state index in [9.17, 15) is 22.8 Å². The second-order valence-corrected chi connectivity index (χ2v) is 8.56. The summed E-state index contributed by atoms with van der Waals surface area (Å²) in [5.41, 5.74) is 0.202. The zero-order valence-corrected chi connectivity index (χ0v) is 17.3. The molecule has 1 aromatic heterocycles. The minimum atomic E-state index is -4.38. The minimum absolute atomic E-state index is 0.00486. The van der Waals surface area contributed by atoms with Crippen molar-refractivity contribution in [2.24, 2.45) is 17.8 Å². The van der Waals surface area contributed by atoms with Crippen molar-refractivity contribution in [2.75, 3.05) is 6.54 Å². The highest BCUT2D eigenvalue weighted by atomic mass is 19.4. The molecule has 6 nitrogen and oxygen atoms in total. The number of hydrogen-bond acceptors (Lipinski definition) is 4. The van der Waals surface area contributed by atoms with Crippen molar-refractivity contribution in [3.8, 4) is 0 Å². The van der Waals surface area contributed by atoms with Crippen molar-refractivity contribution in [1.82, 2.24) is 15.4 Å². The van der Waals surface area contributed by atoms with E-state index in [1.165, 1.54) is 12.1 Å². The van der Waals surface area contributed by atoms with Crippen LogP contribution in [0.15, 0.2) is 34.9 Å². The van der Waals surface area contributed by atoms with Crippen LogP contribution >= 0.6 is 0 Å². The quantitative estimate of drug-likeness (QED) is 0.775. The third kappa shape index (κ3) is 4.31. The molecule has 1 saturated carbocycles. The van der Waals surface area contributed by atoms with Gasteiger partial charge in [0, 0.05) is 31.6 Å². The molecular formula is C22H24F3N3O3. The number of nitrogens with zero attached hydrogens (tertiary/aromatic N) is 2. The fraction of sp³-hybridized carbons (Fsp3) is 0.500. The van der Waals surface area contributed by atoms with Gasteiger partial charge in [-0.2, -0.15) is 13.2 Å². The Morgan fingerprint density at radius 3 is 2.61 bits per heavy atom. The van der Waals surface area contributed by atoms with Gasteiger partial charge in [-0.1, -0.05) is 24.2 Å².